The van der Waals surface area contributed by atoms with Crippen molar-refractivity contribution < 1.29 is 0 Å². The molecule has 3 heteroatoms. The largest absolute Gasteiger partial charge is 0.317 e. The fourth-order valence-corrected chi connectivity index (χ4v) is 3.75. The van der Waals surface area contributed by atoms with Crippen molar-refractivity contribution in [3.8, 4) is 0 Å². The minimum absolute atomic E-state index is 0.311. The first-order chi connectivity index (χ1) is 5.06. The normalized spacial score (nSPS) is 14.9. The molecule has 0 atom stereocenters. The second-order valence-corrected chi connectivity index (χ2v) is 11.8. The molecule has 72 valence electrons. The van der Waals surface area contributed by atoms with E-state index in [0.717, 1.165) is 0 Å². The first-order valence-corrected chi connectivity index (χ1v) is 7.75. The standard InChI is InChI=1S/C9H24BNSi/c1-8(2,10)12(6,7)9(3,4)11-5/h11H,10H2,1-7H3. The summed E-state index contributed by atoms with van der Waals surface area (Å²) < 4.78 is 0. The highest BCUT2D eigenvalue weighted by molar-refractivity contribution is 6.88. The molecular formula is C9H24BNSi. The van der Waals surface area contributed by atoms with E-state index in [2.05, 4.69) is 61.0 Å². The minimum Gasteiger partial charge on any atom is -0.317 e. The fourth-order valence-electron chi connectivity index (χ4n) is 1.25. The molecule has 0 saturated heterocycles. The summed E-state index contributed by atoms with van der Waals surface area (Å²) in [7, 11) is 3.19. The van der Waals surface area contributed by atoms with Gasteiger partial charge in [0.2, 0.25) is 0 Å². The van der Waals surface area contributed by atoms with Crippen molar-refractivity contribution in [2.75, 3.05) is 7.05 Å². The van der Waals surface area contributed by atoms with Crippen molar-refractivity contribution in [1.82, 2.24) is 5.32 Å². The fraction of sp³-hybridized carbons (Fsp3) is 1.00. The van der Waals surface area contributed by atoms with Crippen molar-refractivity contribution >= 4 is 15.9 Å². The van der Waals surface area contributed by atoms with Gasteiger partial charge in [-0.15, -0.1) is 0 Å². The van der Waals surface area contributed by atoms with Crippen LogP contribution >= 0.6 is 0 Å². The van der Waals surface area contributed by atoms with E-state index in [1.54, 1.807) is 0 Å². The second-order valence-electron chi connectivity index (χ2n) is 5.75. The predicted molar refractivity (Wildman–Crippen MR) is 63.2 cm³/mol. The number of nitrogens with one attached hydrogen (secondary N) is 1. The maximum atomic E-state index is 3.45. The van der Waals surface area contributed by atoms with Gasteiger partial charge in [0.05, 0.1) is 8.07 Å². The summed E-state index contributed by atoms with van der Waals surface area (Å²) in [5.41, 5.74) is 0. The molecule has 0 bridgehead atoms. The summed E-state index contributed by atoms with van der Waals surface area (Å²) in [6, 6.07) is 0. The molecule has 0 aliphatic heterocycles. The molecule has 0 rings (SSSR count). The van der Waals surface area contributed by atoms with Crippen LogP contribution in [0.25, 0.3) is 0 Å². The van der Waals surface area contributed by atoms with Crippen LogP contribution in [0.1, 0.15) is 27.7 Å². The van der Waals surface area contributed by atoms with E-state index in [4.69, 9.17) is 0 Å². The molecule has 0 aliphatic carbocycles. The summed E-state index contributed by atoms with van der Waals surface area (Å²) in [5, 5.41) is 3.76. The Labute approximate surface area is 79.7 Å². The first kappa shape index (κ1) is 12.2. The van der Waals surface area contributed by atoms with Crippen LogP contribution in [0.4, 0.5) is 0 Å². The van der Waals surface area contributed by atoms with Crippen LogP contribution in [0.2, 0.25) is 18.0 Å². The molecule has 0 heterocycles. The maximum absolute atomic E-state index is 3.45. The highest BCUT2D eigenvalue weighted by Gasteiger charge is 2.46. The van der Waals surface area contributed by atoms with Crippen LogP contribution in [0.15, 0.2) is 0 Å². The molecule has 0 radical (unpaired) electrons. The van der Waals surface area contributed by atoms with Crippen LogP contribution in [0.5, 0.6) is 0 Å². The van der Waals surface area contributed by atoms with E-state index in [0.29, 0.717) is 10.1 Å². The SMILES string of the molecule is BC(C)(C)[Si](C)(C)C(C)(C)NC. The third-order valence-corrected chi connectivity index (χ3v) is 11.2. The summed E-state index contributed by atoms with van der Waals surface area (Å²) in [6.45, 7) is 14.3. The van der Waals surface area contributed by atoms with Crippen molar-refractivity contribution in [3.63, 3.8) is 0 Å². The van der Waals surface area contributed by atoms with Gasteiger partial charge in [0, 0.05) is 5.16 Å². The van der Waals surface area contributed by atoms with Gasteiger partial charge in [-0.1, -0.05) is 31.9 Å². The third-order valence-electron chi connectivity index (χ3n) is 4.06. The van der Waals surface area contributed by atoms with E-state index in [1.165, 1.54) is 0 Å². The molecule has 0 amide bonds. The average molecular weight is 185 g/mol. The zero-order valence-corrected chi connectivity index (χ0v) is 11.0. The summed E-state index contributed by atoms with van der Waals surface area (Å²) in [5.74, 6) is 0. The average Bonchev–Trinajstić information content (AvgIpc) is 1.85. The summed E-state index contributed by atoms with van der Waals surface area (Å²) in [6.07, 6.45) is 0. The number of rotatable bonds is 3. The molecule has 0 aromatic heterocycles. The number of hydrogen-bond acceptors (Lipinski definition) is 1. The Morgan fingerprint density at radius 1 is 1.08 bits per heavy atom. The van der Waals surface area contributed by atoms with E-state index >= 15 is 0 Å². The number of hydrogen-bond donors (Lipinski definition) is 1. The lowest BCUT2D eigenvalue weighted by molar-refractivity contribution is 0.547. The molecule has 0 aliphatic rings. The van der Waals surface area contributed by atoms with Gasteiger partial charge in [-0.05, 0) is 20.9 Å². The van der Waals surface area contributed by atoms with Gasteiger partial charge in [-0.25, -0.2) is 0 Å². The molecule has 1 nitrogen and oxygen atoms in total. The van der Waals surface area contributed by atoms with Gasteiger partial charge in [0.15, 0.2) is 0 Å². The zero-order valence-electron chi connectivity index (χ0n) is 10.0. The predicted octanol–water partition coefficient (Wildman–Crippen LogP) is 1.60. The Morgan fingerprint density at radius 3 is 1.50 bits per heavy atom. The topological polar surface area (TPSA) is 12.0 Å². The Balaban J connectivity index is 4.85. The Kier molecular flexibility index (Phi) is 3.25. The van der Waals surface area contributed by atoms with E-state index in [1.807, 2.05) is 0 Å². The van der Waals surface area contributed by atoms with Crippen molar-refractivity contribution in [3.05, 3.63) is 0 Å². The lowest BCUT2D eigenvalue weighted by Gasteiger charge is -2.49. The smallest absolute Gasteiger partial charge is 0.105 e. The summed E-state index contributed by atoms with van der Waals surface area (Å²) in [4.78, 5) is 0.458. The third kappa shape index (κ3) is 1.94. The summed E-state index contributed by atoms with van der Waals surface area (Å²) >= 11 is 0. The molecule has 12 heavy (non-hydrogen) atoms. The van der Waals surface area contributed by atoms with Gasteiger partial charge in [0.25, 0.3) is 0 Å². The maximum Gasteiger partial charge on any atom is 0.105 e. The van der Waals surface area contributed by atoms with Crippen LogP contribution < -0.4 is 5.32 Å². The Hall–Kier alpha value is 0.242. The molecule has 1 N–H and O–H groups in total. The van der Waals surface area contributed by atoms with Gasteiger partial charge in [0.1, 0.15) is 7.85 Å². The van der Waals surface area contributed by atoms with Gasteiger partial charge in [-0.3, -0.25) is 0 Å². The highest BCUT2D eigenvalue weighted by Crippen LogP contribution is 2.39. The van der Waals surface area contributed by atoms with E-state index in [-0.39, 0.29) is 0 Å². The van der Waals surface area contributed by atoms with E-state index in [9.17, 15) is 0 Å². The van der Waals surface area contributed by atoms with Gasteiger partial charge in [-0.2, -0.15) is 0 Å². The molecule has 0 aromatic rings. The molecule has 0 spiro atoms. The van der Waals surface area contributed by atoms with Crippen LogP contribution in [0, 0.1) is 0 Å². The Bertz CT molecular complexity index is 158. The first-order valence-electron chi connectivity index (χ1n) is 4.75. The van der Waals surface area contributed by atoms with Gasteiger partial charge >= 0.3 is 0 Å². The van der Waals surface area contributed by atoms with E-state index < -0.39 is 8.07 Å². The molecule has 0 unspecified atom stereocenters. The lowest BCUT2D eigenvalue weighted by atomic mass is 9.90. The highest BCUT2D eigenvalue weighted by atomic mass is 28.3. The van der Waals surface area contributed by atoms with Gasteiger partial charge < -0.3 is 5.32 Å². The van der Waals surface area contributed by atoms with Crippen LogP contribution in [-0.2, 0) is 0 Å². The monoisotopic (exact) mass is 185 g/mol. The van der Waals surface area contributed by atoms with Crippen molar-refractivity contribution in [1.29, 1.82) is 0 Å². The second kappa shape index (κ2) is 3.18. The van der Waals surface area contributed by atoms with Crippen molar-refractivity contribution in [2.45, 2.75) is 50.9 Å². The molecule has 0 aromatic carbocycles. The Morgan fingerprint density at radius 2 is 1.42 bits per heavy atom. The van der Waals surface area contributed by atoms with Crippen LogP contribution in [-0.4, -0.2) is 28.1 Å². The molecule has 0 fully saturated rings. The quantitative estimate of drug-likeness (QED) is 0.658. The molecular weight excluding hydrogens is 161 g/mol. The van der Waals surface area contributed by atoms with Crippen molar-refractivity contribution in [2.24, 2.45) is 0 Å². The van der Waals surface area contributed by atoms with Crippen LogP contribution in [0.3, 0.4) is 0 Å². The minimum atomic E-state index is -1.24. The lowest BCUT2D eigenvalue weighted by Crippen LogP contribution is -2.63. The zero-order chi connectivity index (χ0) is 10.2. The molecule has 0 saturated carbocycles.